The minimum atomic E-state index is -1.80. The lowest BCUT2D eigenvalue weighted by Gasteiger charge is -2.32. The van der Waals surface area contributed by atoms with Crippen molar-refractivity contribution in [1.82, 2.24) is 0 Å². The Labute approximate surface area is 168 Å². The second kappa shape index (κ2) is 6.55. The van der Waals surface area contributed by atoms with Crippen LogP contribution in [0.4, 0.5) is 10.5 Å². The molecule has 1 amide bonds. The van der Waals surface area contributed by atoms with Crippen LogP contribution < -0.4 is 4.90 Å². The monoisotopic (exact) mass is 404 g/mol. The summed E-state index contributed by atoms with van der Waals surface area (Å²) in [4.78, 5) is 38.2. The lowest BCUT2D eigenvalue weighted by Crippen LogP contribution is -2.55. The summed E-state index contributed by atoms with van der Waals surface area (Å²) in [5, 5.41) is 12.5. The van der Waals surface area contributed by atoms with Crippen molar-refractivity contribution in [2.45, 2.75) is 45.1 Å². The molecule has 1 aromatic rings. The molecule has 2 aliphatic heterocycles. The maximum absolute atomic E-state index is 13.0. The molecule has 2 aliphatic rings. The van der Waals surface area contributed by atoms with Gasteiger partial charge in [0, 0.05) is 4.92 Å². The quantitative estimate of drug-likeness (QED) is 0.329. The topological polar surface area (TPSA) is 108 Å². The van der Waals surface area contributed by atoms with Gasteiger partial charge in [0.15, 0.2) is 0 Å². The number of carbonyl (C=O) groups is 2. The number of anilines is 1. The van der Waals surface area contributed by atoms with Gasteiger partial charge >= 0.3 is 17.6 Å². The van der Waals surface area contributed by atoms with Crippen molar-refractivity contribution in [2.24, 2.45) is 5.41 Å². The highest BCUT2D eigenvalue weighted by Gasteiger charge is 2.76. The van der Waals surface area contributed by atoms with Crippen LogP contribution in [0.5, 0.6) is 0 Å². The van der Waals surface area contributed by atoms with Gasteiger partial charge in [-0.05, 0) is 45.9 Å². The molecule has 2 heterocycles. The van der Waals surface area contributed by atoms with E-state index in [1.54, 1.807) is 27.7 Å². The fourth-order valence-electron chi connectivity index (χ4n) is 4.01. The molecular formula is C20H24N2O7. The molecule has 156 valence electrons. The van der Waals surface area contributed by atoms with E-state index in [-0.39, 0.29) is 23.4 Å². The molecule has 0 aliphatic carbocycles. The van der Waals surface area contributed by atoms with Crippen molar-refractivity contribution in [3.05, 3.63) is 52.1 Å². The Kier molecular flexibility index (Phi) is 4.69. The van der Waals surface area contributed by atoms with Gasteiger partial charge in [-0.25, -0.2) is 14.5 Å². The average molecular weight is 404 g/mol. The highest BCUT2D eigenvalue weighted by atomic mass is 16.6. The molecule has 0 aromatic heterocycles. The first-order valence-corrected chi connectivity index (χ1v) is 9.07. The maximum Gasteiger partial charge on any atom is 0.417 e. The predicted molar refractivity (Wildman–Crippen MR) is 103 cm³/mol. The molecule has 0 saturated carbocycles. The minimum Gasteiger partial charge on any atom is -0.465 e. The van der Waals surface area contributed by atoms with E-state index in [2.05, 4.69) is 6.58 Å². The van der Waals surface area contributed by atoms with Crippen LogP contribution in [-0.2, 0) is 19.7 Å². The number of ether oxygens (including phenoxy) is 3. The normalized spacial score (nSPS) is 27.8. The van der Waals surface area contributed by atoms with E-state index < -0.39 is 39.8 Å². The summed E-state index contributed by atoms with van der Waals surface area (Å²) in [6, 6.07) is 4.30. The van der Waals surface area contributed by atoms with Gasteiger partial charge in [0.05, 0.1) is 35.9 Å². The maximum atomic E-state index is 13.0. The van der Waals surface area contributed by atoms with Crippen molar-refractivity contribution in [2.75, 3.05) is 18.6 Å². The molecule has 3 atom stereocenters. The average Bonchev–Trinajstić information content (AvgIpc) is 3.10. The van der Waals surface area contributed by atoms with Crippen molar-refractivity contribution in [3.63, 3.8) is 0 Å². The molecule has 3 rings (SSSR count). The third kappa shape index (κ3) is 2.79. The Morgan fingerprint density at radius 3 is 2.59 bits per heavy atom. The molecule has 9 heteroatoms. The number of nitrogens with zero attached hydrogens (tertiary/aromatic N) is 2. The first kappa shape index (κ1) is 20.8. The molecule has 1 aromatic carbocycles. The van der Waals surface area contributed by atoms with E-state index in [0.29, 0.717) is 0 Å². The van der Waals surface area contributed by atoms with Crippen molar-refractivity contribution in [3.8, 4) is 0 Å². The van der Waals surface area contributed by atoms with E-state index >= 15 is 0 Å². The van der Waals surface area contributed by atoms with E-state index in [1.807, 2.05) is 0 Å². The Morgan fingerprint density at radius 1 is 1.41 bits per heavy atom. The van der Waals surface area contributed by atoms with Gasteiger partial charge in [-0.1, -0.05) is 6.08 Å². The predicted octanol–water partition coefficient (Wildman–Crippen LogP) is 3.25. The highest BCUT2D eigenvalue weighted by molar-refractivity contribution is 5.96. The fourth-order valence-corrected chi connectivity index (χ4v) is 4.01. The molecule has 0 unspecified atom stereocenters. The van der Waals surface area contributed by atoms with Gasteiger partial charge in [-0.3, -0.25) is 10.1 Å². The number of rotatable bonds is 3. The third-order valence-electron chi connectivity index (χ3n) is 5.42. The van der Waals surface area contributed by atoms with E-state index in [9.17, 15) is 19.7 Å². The summed E-state index contributed by atoms with van der Waals surface area (Å²) >= 11 is 0. The second-order valence-electron chi connectivity index (χ2n) is 8.38. The number of esters is 1. The first-order valence-electron chi connectivity index (χ1n) is 9.07. The zero-order valence-corrected chi connectivity index (χ0v) is 17.1. The number of hydrogen-bond donors (Lipinski definition) is 0. The van der Waals surface area contributed by atoms with Crippen LogP contribution in [0.3, 0.4) is 0 Å². The minimum absolute atomic E-state index is 0.000360. The van der Waals surface area contributed by atoms with Crippen molar-refractivity contribution >= 4 is 17.7 Å². The van der Waals surface area contributed by atoms with Gasteiger partial charge in [0.2, 0.25) is 6.23 Å². The Balaban J connectivity index is 2.28. The molecule has 0 N–H and O–H groups in total. The lowest BCUT2D eigenvalue weighted by atomic mass is 9.69. The SMILES string of the molecule is C=C[C@@]1(C)CO[C@H]2N(C(=O)OC(C)(C)C)c3cc(C(=O)OC)ccc3[C@]21[N+](=O)[O-]. The summed E-state index contributed by atoms with van der Waals surface area (Å²) in [7, 11) is 1.23. The summed E-state index contributed by atoms with van der Waals surface area (Å²) in [5.41, 5.74) is -3.15. The number of fused-ring (bicyclic) bond motifs is 3. The van der Waals surface area contributed by atoms with Crippen LogP contribution in [0.25, 0.3) is 0 Å². The van der Waals surface area contributed by atoms with Gasteiger partial charge in [0.25, 0.3) is 0 Å². The first-order chi connectivity index (χ1) is 13.4. The smallest absolute Gasteiger partial charge is 0.417 e. The third-order valence-corrected chi connectivity index (χ3v) is 5.42. The zero-order chi connectivity index (χ0) is 21.8. The van der Waals surface area contributed by atoms with Crippen LogP contribution in [0.1, 0.15) is 43.6 Å². The van der Waals surface area contributed by atoms with Gasteiger partial charge in [0.1, 0.15) is 5.60 Å². The molecule has 0 bridgehead atoms. The van der Waals surface area contributed by atoms with Gasteiger partial charge in [-0.2, -0.15) is 0 Å². The number of benzene rings is 1. The number of amides is 1. The second-order valence-corrected chi connectivity index (χ2v) is 8.38. The molecule has 29 heavy (non-hydrogen) atoms. The standard InChI is InChI=1S/C20H24N2O7/c1-7-19(5)11-28-16-20(19,22(25)26)13-9-8-12(15(23)27-6)10-14(13)21(16)17(24)29-18(2,3)4/h7-10,16H,1,11H2,2-6H3/t16-,19+,20+/m1/s1. The molecule has 1 saturated heterocycles. The molecule has 9 nitrogen and oxygen atoms in total. The van der Waals surface area contributed by atoms with E-state index in [1.165, 1.54) is 31.4 Å². The van der Waals surface area contributed by atoms with Crippen molar-refractivity contribution < 1.29 is 28.7 Å². The van der Waals surface area contributed by atoms with E-state index in [4.69, 9.17) is 14.2 Å². The molecule has 0 spiro atoms. The van der Waals surface area contributed by atoms with Crippen LogP contribution in [0.15, 0.2) is 30.9 Å². The number of hydrogen-bond acceptors (Lipinski definition) is 7. The summed E-state index contributed by atoms with van der Waals surface area (Å²) in [5.74, 6) is -0.628. The summed E-state index contributed by atoms with van der Waals surface area (Å²) in [6.45, 7) is 10.5. The van der Waals surface area contributed by atoms with Crippen LogP contribution in [0, 0.1) is 15.5 Å². The summed E-state index contributed by atoms with van der Waals surface area (Å²) in [6.07, 6.45) is -0.576. The Bertz CT molecular complexity index is 907. The molecular weight excluding hydrogens is 380 g/mol. The number of carbonyl (C=O) groups excluding carboxylic acids is 2. The fraction of sp³-hybridized carbons (Fsp3) is 0.500. The largest absolute Gasteiger partial charge is 0.465 e. The van der Waals surface area contributed by atoms with Crippen LogP contribution in [0.2, 0.25) is 0 Å². The van der Waals surface area contributed by atoms with E-state index in [0.717, 1.165) is 4.90 Å². The molecule has 1 fully saturated rings. The highest BCUT2D eigenvalue weighted by Crippen LogP contribution is 2.60. The number of methoxy groups -OCH3 is 1. The van der Waals surface area contributed by atoms with Gasteiger partial charge in [-0.15, -0.1) is 6.58 Å². The zero-order valence-electron chi connectivity index (χ0n) is 17.1. The Morgan fingerprint density at radius 2 is 2.07 bits per heavy atom. The lowest BCUT2D eigenvalue weighted by molar-refractivity contribution is -0.597. The Hall–Kier alpha value is -2.94. The van der Waals surface area contributed by atoms with Crippen molar-refractivity contribution in [1.29, 1.82) is 0 Å². The van der Waals surface area contributed by atoms with Crippen LogP contribution in [-0.4, -0.2) is 42.5 Å². The number of nitro groups is 1. The van der Waals surface area contributed by atoms with Crippen LogP contribution >= 0.6 is 0 Å². The summed E-state index contributed by atoms with van der Waals surface area (Å²) < 4.78 is 16.0. The van der Waals surface area contributed by atoms with Gasteiger partial charge < -0.3 is 14.2 Å². The molecule has 0 radical (unpaired) electrons.